The van der Waals surface area contributed by atoms with Crippen LogP contribution in [0.1, 0.15) is 33.6 Å². The Hall–Kier alpha value is -0.610. The third kappa shape index (κ3) is 5.94. The molecule has 0 saturated heterocycles. The molecule has 1 amide bonds. The van der Waals surface area contributed by atoms with E-state index in [0.717, 1.165) is 0 Å². The number of amides is 1. The summed E-state index contributed by atoms with van der Waals surface area (Å²) in [6, 6.07) is -0.184. The van der Waals surface area contributed by atoms with Crippen molar-refractivity contribution in [2.75, 3.05) is 6.61 Å². The lowest BCUT2D eigenvalue weighted by molar-refractivity contribution is -0.123. The van der Waals surface area contributed by atoms with Gasteiger partial charge in [-0.1, -0.05) is 13.8 Å². The Labute approximate surface area is 85.3 Å². The number of aliphatic hydroxyl groups excluding tert-OH is 2. The summed E-state index contributed by atoms with van der Waals surface area (Å²) in [6.45, 7) is 5.49. The molecule has 0 saturated carbocycles. The van der Waals surface area contributed by atoms with Gasteiger partial charge in [-0.05, 0) is 19.3 Å². The molecule has 0 heterocycles. The second kappa shape index (κ2) is 6.79. The van der Waals surface area contributed by atoms with E-state index in [1.165, 1.54) is 0 Å². The first-order valence-corrected chi connectivity index (χ1v) is 5.05. The Balaban J connectivity index is 3.79. The van der Waals surface area contributed by atoms with Crippen molar-refractivity contribution >= 4 is 5.91 Å². The second-order valence-electron chi connectivity index (χ2n) is 3.99. The van der Waals surface area contributed by atoms with Gasteiger partial charge >= 0.3 is 0 Å². The first-order valence-electron chi connectivity index (χ1n) is 5.05. The van der Waals surface area contributed by atoms with E-state index in [4.69, 9.17) is 10.2 Å². The van der Waals surface area contributed by atoms with Crippen LogP contribution in [0.15, 0.2) is 0 Å². The normalized spacial score (nSPS) is 15.3. The zero-order valence-corrected chi connectivity index (χ0v) is 9.16. The molecule has 0 bridgehead atoms. The fourth-order valence-electron chi connectivity index (χ4n) is 1.04. The lowest BCUT2D eigenvalue weighted by atomic mass is 10.1. The first-order chi connectivity index (χ1) is 6.47. The van der Waals surface area contributed by atoms with E-state index in [2.05, 4.69) is 5.32 Å². The van der Waals surface area contributed by atoms with Crippen molar-refractivity contribution in [2.24, 2.45) is 5.92 Å². The van der Waals surface area contributed by atoms with Gasteiger partial charge in [-0.15, -0.1) is 0 Å². The van der Waals surface area contributed by atoms with Crippen molar-refractivity contribution in [1.29, 1.82) is 0 Å². The minimum atomic E-state index is -0.452. The van der Waals surface area contributed by atoms with Crippen LogP contribution in [0.25, 0.3) is 0 Å². The number of hydrogen-bond donors (Lipinski definition) is 3. The topological polar surface area (TPSA) is 69.6 Å². The van der Waals surface area contributed by atoms with Gasteiger partial charge in [0.1, 0.15) is 0 Å². The summed E-state index contributed by atoms with van der Waals surface area (Å²) in [5.74, 6) is 0.106. The van der Waals surface area contributed by atoms with Gasteiger partial charge in [0.15, 0.2) is 0 Å². The maximum atomic E-state index is 11.3. The summed E-state index contributed by atoms with van der Waals surface area (Å²) >= 11 is 0. The van der Waals surface area contributed by atoms with Gasteiger partial charge in [-0.2, -0.15) is 0 Å². The Morgan fingerprint density at radius 2 is 1.93 bits per heavy atom. The van der Waals surface area contributed by atoms with Crippen molar-refractivity contribution in [3.8, 4) is 0 Å². The van der Waals surface area contributed by atoms with Gasteiger partial charge in [0, 0.05) is 6.42 Å². The summed E-state index contributed by atoms with van der Waals surface area (Å²) in [7, 11) is 0. The fourth-order valence-corrected chi connectivity index (χ4v) is 1.04. The highest BCUT2D eigenvalue weighted by atomic mass is 16.3. The average molecular weight is 203 g/mol. The Kier molecular flexibility index (Phi) is 6.49. The van der Waals surface area contributed by atoms with E-state index in [-0.39, 0.29) is 24.5 Å². The van der Waals surface area contributed by atoms with Crippen LogP contribution in [-0.2, 0) is 4.79 Å². The molecule has 2 atom stereocenters. The number of carbonyl (C=O) groups excluding carboxylic acids is 1. The Morgan fingerprint density at radius 1 is 1.36 bits per heavy atom. The van der Waals surface area contributed by atoms with Crippen molar-refractivity contribution in [3.63, 3.8) is 0 Å². The summed E-state index contributed by atoms with van der Waals surface area (Å²) < 4.78 is 0. The molecule has 1 unspecified atom stereocenters. The minimum Gasteiger partial charge on any atom is -0.394 e. The van der Waals surface area contributed by atoms with E-state index >= 15 is 0 Å². The molecule has 0 spiro atoms. The number of nitrogens with one attached hydrogen (secondary N) is 1. The van der Waals surface area contributed by atoms with Gasteiger partial charge in [0.25, 0.3) is 0 Å². The quantitative estimate of drug-likeness (QED) is 0.581. The average Bonchev–Trinajstić information content (AvgIpc) is 2.10. The monoisotopic (exact) mass is 203 g/mol. The smallest absolute Gasteiger partial charge is 0.220 e. The first kappa shape index (κ1) is 13.4. The fraction of sp³-hybridized carbons (Fsp3) is 0.900. The zero-order chi connectivity index (χ0) is 11.1. The van der Waals surface area contributed by atoms with Crippen LogP contribution in [0.4, 0.5) is 0 Å². The molecular weight excluding hydrogens is 182 g/mol. The van der Waals surface area contributed by atoms with Crippen LogP contribution in [0, 0.1) is 5.92 Å². The summed E-state index contributed by atoms with van der Waals surface area (Å²) in [4.78, 5) is 11.3. The maximum absolute atomic E-state index is 11.3. The predicted octanol–water partition coefficient (Wildman–Crippen LogP) is 0.280. The van der Waals surface area contributed by atoms with Crippen molar-refractivity contribution < 1.29 is 15.0 Å². The molecule has 0 fully saturated rings. The molecule has 84 valence electrons. The highest BCUT2D eigenvalue weighted by Crippen LogP contribution is 2.02. The minimum absolute atomic E-state index is 0.0436. The third-order valence-electron chi connectivity index (χ3n) is 2.14. The molecule has 0 aromatic carbocycles. The lowest BCUT2D eigenvalue weighted by Crippen LogP contribution is -2.41. The van der Waals surface area contributed by atoms with Crippen LogP contribution in [0.5, 0.6) is 0 Å². The number of rotatable bonds is 6. The standard InChI is InChI=1S/C10H21NO3/c1-7(2)9(6-12)11-10(14)5-4-8(3)13/h7-9,12-13H,4-6H2,1-3H3,(H,11,14)/t8?,9-/m1/s1. The third-order valence-corrected chi connectivity index (χ3v) is 2.14. The van der Waals surface area contributed by atoms with Crippen LogP contribution in [0.2, 0.25) is 0 Å². The zero-order valence-electron chi connectivity index (χ0n) is 9.16. The van der Waals surface area contributed by atoms with Gasteiger partial charge < -0.3 is 15.5 Å². The summed E-state index contributed by atoms with van der Waals surface area (Å²) in [6.07, 6.45) is 0.315. The SMILES string of the molecule is CC(O)CCC(=O)N[C@H](CO)C(C)C. The van der Waals surface area contributed by atoms with E-state index in [0.29, 0.717) is 12.8 Å². The molecule has 3 N–H and O–H groups in total. The van der Waals surface area contributed by atoms with Crippen molar-refractivity contribution in [2.45, 2.75) is 45.8 Å². The van der Waals surface area contributed by atoms with E-state index in [1.54, 1.807) is 6.92 Å². The van der Waals surface area contributed by atoms with Gasteiger partial charge in [-0.25, -0.2) is 0 Å². The second-order valence-corrected chi connectivity index (χ2v) is 3.99. The van der Waals surface area contributed by atoms with Crippen molar-refractivity contribution in [1.82, 2.24) is 5.32 Å². The molecule has 0 aliphatic rings. The van der Waals surface area contributed by atoms with E-state index in [1.807, 2.05) is 13.8 Å². The highest BCUT2D eigenvalue weighted by molar-refractivity contribution is 5.76. The Bertz CT molecular complexity index is 169. The predicted molar refractivity (Wildman–Crippen MR) is 54.8 cm³/mol. The molecule has 0 aliphatic carbocycles. The van der Waals surface area contributed by atoms with Crippen LogP contribution in [-0.4, -0.2) is 34.9 Å². The molecule has 0 radical (unpaired) electrons. The molecule has 0 aromatic heterocycles. The molecule has 14 heavy (non-hydrogen) atoms. The highest BCUT2D eigenvalue weighted by Gasteiger charge is 2.14. The summed E-state index contributed by atoms with van der Waals surface area (Å²) in [5.41, 5.74) is 0. The van der Waals surface area contributed by atoms with Crippen LogP contribution in [0.3, 0.4) is 0 Å². The van der Waals surface area contributed by atoms with E-state index < -0.39 is 6.10 Å². The van der Waals surface area contributed by atoms with Gasteiger partial charge in [0.2, 0.25) is 5.91 Å². The Morgan fingerprint density at radius 3 is 2.29 bits per heavy atom. The largest absolute Gasteiger partial charge is 0.394 e. The number of hydrogen-bond acceptors (Lipinski definition) is 3. The lowest BCUT2D eigenvalue weighted by Gasteiger charge is -2.19. The number of carbonyl (C=O) groups is 1. The van der Waals surface area contributed by atoms with E-state index in [9.17, 15) is 4.79 Å². The van der Waals surface area contributed by atoms with Crippen LogP contribution < -0.4 is 5.32 Å². The molecule has 0 aliphatic heterocycles. The summed E-state index contributed by atoms with van der Waals surface area (Å²) in [5, 5.41) is 20.7. The number of aliphatic hydroxyl groups is 2. The molecule has 0 rings (SSSR count). The van der Waals surface area contributed by atoms with Crippen molar-refractivity contribution in [3.05, 3.63) is 0 Å². The maximum Gasteiger partial charge on any atom is 0.220 e. The molecule has 4 heteroatoms. The van der Waals surface area contributed by atoms with Crippen LogP contribution >= 0.6 is 0 Å². The van der Waals surface area contributed by atoms with Gasteiger partial charge in [0.05, 0.1) is 18.8 Å². The molecule has 4 nitrogen and oxygen atoms in total. The molecule has 0 aromatic rings. The molecular formula is C10H21NO3. The van der Waals surface area contributed by atoms with Gasteiger partial charge in [-0.3, -0.25) is 4.79 Å².